The van der Waals surface area contributed by atoms with E-state index in [1.165, 1.54) is 25.7 Å². The second-order valence-corrected chi connectivity index (χ2v) is 8.95. The fraction of sp³-hybridized carbons (Fsp3) is 0.520. The van der Waals surface area contributed by atoms with Gasteiger partial charge in [-0.15, -0.1) is 6.58 Å². The summed E-state index contributed by atoms with van der Waals surface area (Å²) >= 11 is 0. The minimum absolute atomic E-state index is 0.157. The molecule has 0 N–H and O–H groups in total. The molecule has 0 heterocycles. The Morgan fingerprint density at radius 1 is 0.963 bits per heavy atom. The number of fused-ring (bicyclic) bond motifs is 2. The van der Waals surface area contributed by atoms with Crippen LogP contribution >= 0.6 is 0 Å². The molecule has 4 rings (SSSR count). The molecule has 2 aromatic carbocycles. The van der Waals surface area contributed by atoms with E-state index in [0.717, 1.165) is 54.6 Å². The highest BCUT2D eigenvalue weighted by Gasteiger charge is 2.35. The van der Waals surface area contributed by atoms with E-state index < -0.39 is 0 Å². The van der Waals surface area contributed by atoms with Crippen LogP contribution in [0.3, 0.4) is 0 Å². The maximum atomic E-state index is 15.0. The van der Waals surface area contributed by atoms with E-state index in [1.807, 2.05) is 12.1 Å². The lowest BCUT2D eigenvalue weighted by Crippen LogP contribution is -2.29. The molecule has 0 amide bonds. The predicted molar refractivity (Wildman–Crippen MR) is 109 cm³/mol. The molecule has 2 fully saturated rings. The number of hydrogen-bond donors (Lipinski definition) is 0. The monoisotopic (exact) mass is 368 g/mol. The maximum Gasteiger partial charge on any atom is 0.131 e. The van der Waals surface area contributed by atoms with E-state index in [1.54, 1.807) is 18.2 Å². The molecular formula is C25H30F2. The van der Waals surface area contributed by atoms with Gasteiger partial charge in [-0.3, -0.25) is 0 Å². The lowest BCUT2D eigenvalue weighted by Gasteiger charge is -2.41. The first-order valence-electron chi connectivity index (χ1n) is 10.6. The van der Waals surface area contributed by atoms with Crippen LogP contribution in [0.5, 0.6) is 0 Å². The summed E-state index contributed by atoms with van der Waals surface area (Å²) in [6.07, 6.45) is 10.6. The van der Waals surface area contributed by atoms with Crippen molar-refractivity contribution in [3.8, 4) is 0 Å². The van der Waals surface area contributed by atoms with Gasteiger partial charge in [0.2, 0.25) is 0 Å². The number of benzene rings is 2. The van der Waals surface area contributed by atoms with Crippen molar-refractivity contribution in [3.05, 3.63) is 59.7 Å². The van der Waals surface area contributed by atoms with Crippen LogP contribution in [0.1, 0.15) is 68.9 Å². The van der Waals surface area contributed by atoms with Gasteiger partial charge in [0, 0.05) is 5.39 Å². The molecule has 0 aliphatic heterocycles. The second kappa shape index (κ2) is 7.73. The normalized spacial score (nSPS) is 28.1. The third-order valence-corrected chi connectivity index (χ3v) is 7.03. The molecule has 2 aliphatic rings. The molecule has 2 aromatic rings. The van der Waals surface area contributed by atoms with Crippen molar-refractivity contribution in [1.82, 2.24) is 0 Å². The molecule has 0 bridgehead atoms. The van der Waals surface area contributed by atoms with Gasteiger partial charge in [0.05, 0.1) is 0 Å². The van der Waals surface area contributed by atoms with Crippen LogP contribution in [0, 0.1) is 29.4 Å². The molecule has 2 unspecified atom stereocenters. The van der Waals surface area contributed by atoms with Crippen molar-refractivity contribution in [1.29, 1.82) is 0 Å². The minimum atomic E-state index is -0.229. The van der Waals surface area contributed by atoms with Crippen molar-refractivity contribution in [3.63, 3.8) is 0 Å². The molecule has 0 nitrogen and oxygen atoms in total. The van der Waals surface area contributed by atoms with Crippen molar-refractivity contribution in [2.24, 2.45) is 17.8 Å². The van der Waals surface area contributed by atoms with Gasteiger partial charge in [-0.2, -0.15) is 0 Å². The number of halogens is 2. The summed E-state index contributed by atoms with van der Waals surface area (Å²) in [7, 11) is 0. The van der Waals surface area contributed by atoms with E-state index in [0.29, 0.717) is 10.8 Å². The lowest BCUT2D eigenvalue weighted by molar-refractivity contribution is 0.124. The average Bonchev–Trinajstić information content (AvgIpc) is 2.65. The average molecular weight is 369 g/mol. The van der Waals surface area contributed by atoms with E-state index in [9.17, 15) is 8.78 Å². The number of allylic oxidation sites excluding steroid dienone is 1. The highest BCUT2D eigenvalue weighted by Crippen LogP contribution is 2.48. The standard InChI is InChI=1S/C25H30F2/c1-3-4-5-17-11-21-14-25(27)22(15-23(21)24(26)12-17)20-9-8-18-10-16(2)6-7-19(18)13-20/h3,11-12,14-16,18-20H,1,4-10,13H2,2H3/t16?,18-,19?,20-/m1/s1. The zero-order valence-electron chi connectivity index (χ0n) is 16.3. The second-order valence-electron chi connectivity index (χ2n) is 8.95. The first kappa shape index (κ1) is 18.7. The summed E-state index contributed by atoms with van der Waals surface area (Å²) in [5, 5.41) is 1.24. The van der Waals surface area contributed by atoms with Crippen molar-refractivity contribution in [2.75, 3.05) is 0 Å². The van der Waals surface area contributed by atoms with Gasteiger partial charge in [-0.25, -0.2) is 8.78 Å². The van der Waals surface area contributed by atoms with Crippen LogP contribution in [0.4, 0.5) is 8.78 Å². The van der Waals surface area contributed by atoms with E-state index in [4.69, 9.17) is 0 Å². The zero-order chi connectivity index (χ0) is 19.0. The SMILES string of the molecule is C=CCCc1cc(F)c2cc([C@@H]3CC[C@@H]4CC(C)CCC4C3)c(F)cc2c1. The molecule has 2 aliphatic carbocycles. The Hall–Kier alpha value is -1.70. The first-order chi connectivity index (χ1) is 13.0. The molecule has 2 saturated carbocycles. The number of hydrogen-bond acceptors (Lipinski definition) is 0. The van der Waals surface area contributed by atoms with E-state index in [2.05, 4.69) is 13.5 Å². The molecule has 0 spiro atoms. The third-order valence-electron chi connectivity index (χ3n) is 7.03. The van der Waals surface area contributed by atoms with Crippen LogP contribution in [0.15, 0.2) is 36.9 Å². The van der Waals surface area contributed by atoms with Gasteiger partial charge in [-0.1, -0.05) is 25.5 Å². The van der Waals surface area contributed by atoms with E-state index >= 15 is 0 Å². The molecule has 2 heteroatoms. The summed E-state index contributed by atoms with van der Waals surface area (Å²) in [6.45, 7) is 6.08. The molecular weight excluding hydrogens is 338 g/mol. The Bertz CT molecular complexity index is 838. The smallest absolute Gasteiger partial charge is 0.131 e. The highest BCUT2D eigenvalue weighted by atomic mass is 19.1. The van der Waals surface area contributed by atoms with Crippen molar-refractivity contribution in [2.45, 2.75) is 64.2 Å². The summed E-state index contributed by atoms with van der Waals surface area (Å²) in [4.78, 5) is 0. The Kier molecular flexibility index (Phi) is 5.34. The number of aryl methyl sites for hydroxylation is 1. The molecule has 144 valence electrons. The molecule has 0 radical (unpaired) electrons. The molecule has 27 heavy (non-hydrogen) atoms. The van der Waals surface area contributed by atoms with Crippen LogP contribution < -0.4 is 0 Å². The van der Waals surface area contributed by atoms with Crippen LogP contribution in [-0.4, -0.2) is 0 Å². The summed E-state index contributed by atoms with van der Waals surface area (Å²) in [5.74, 6) is 2.23. The number of rotatable bonds is 4. The Labute approximate surface area is 161 Å². The predicted octanol–water partition coefficient (Wildman–Crippen LogP) is 7.56. The highest BCUT2D eigenvalue weighted by molar-refractivity contribution is 5.85. The third kappa shape index (κ3) is 3.81. The molecule has 0 aromatic heterocycles. The summed E-state index contributed by atoms with van der Waals surface area (Å²) in [6, 6.07) is 6.88. The van der Waals surface area contributed by atoms with Crippen molar-refractivity contribution < 1.29 is 8.78 Å². The van der Waals surface area contributed by atoms with E-state index in [-0.39, 0.29) is 17.6 Å². The van der Waals surface area contributed by atoms with Gasteiger partial charge in [0.15, 0.2) is 0 Å². The topological polar surface area (TPSA) is 0 Å². The fourth-order valence-electron chi connectivity index (χ4n) is 5.55. The Morgan fingerprint density at radius 3 is 2.56 bits per heavy atom. The van der Waals surface area contributed by atoms with Gasteiger partial charge in [-0.05, 0) is 103 Å². The van der Waals surface area contributed by atoms with Crippen LogP contribution in [0.25, 0.3) is 10.8 Å². The van der Waals surface area contributed by atoms with Gasteiger partial charge in [0.25, 0.3) is 0 Å². The Morgan fingerprint density at radius 2 is 1.74 bits per heavy atom. The summed E-state index contributed by atoms with van der Waals surface area (Å²) in [5.41, 5.74) is 1.64. The maximum absolute atomic E-state index is 15.0. The van der Waals surface area contributed by atoms with Gasteiger partial charge >= 0.3 is 0 Å². The molecule has 0 saturated heterocycles. The first-order valence-corrected chi connectivity index (χ1v) is 10.6. The minimum Gasteiger partial charge on any atom is -0.207 e. The van der Waals surface area contributed by atoms with Gasteiger partial charge < -0.3 is 0 Å². The fourth-order valence-corrected chi connectivity index (χ4v) is 5.55. The molecule has 4 atom stereocenters. The quantitative estimate of drug-likeness (QED) is 0.489. The lowest BCUT2D eigenvalue weighted by atomic mass is 9.64. The van der Waals surface area contributed by atoms with Crippen molar-refractivity contribution >= 4 is 10.8 Å². The summed E-state index contributed by atoms with van der Waals surface area (Å²) < 4.78 is 29.7. The Balaban J connectivity index is 1.61. The van der Waals surface area contributed by atoms with Gasteiger partial charge in [0.1, 0.15) is 11.6 Å². The largest absolute Gasteiger partial charge is 0.207 e. The zero-order valence-corrected chi connectivity index (χ0v) is 16.3. The van der Waals surface area contributed by atoms with Crippen LogP contribution in [-0.2, 0) is 6.42 Å². The van der Waals surface area contributed by atoms with Crippen LogP contribution in [0.2, 0.25) is 0 Å².